The summed E-state index contributed by atoms with van der Waals surface area (Å²) in [6, 6.07) is 13.7. The first-order chi connectivity index (χ1) is 12.4. The number of rotatable bonds is 1. The van der Waals surface area contributed by atoms with E-state index in [1.54, 1.807) is 6.08 Å². The lowest BCUT2D eigenvalue weighted by atomic mass is 9.84. The number of carbonyl (C=O) groups is 1. The van der Waals surface area contributed by atoms with Crippen LogP contribution in [0.25, 0.3) is 6.08 Å². The largest absolute Gasteiger partial charge is 0.346 e. The van der Waals surface area contributed by atoms with Crippen molar-refractivity contribution in [2.75, 3.05) is 11.9 Å². The Bertz CT molecular complexity index is 1010. The minimum absolute atomic E-state index is 0.0698. The van der Waals surface area contributed by atoms with Crippen LogP contribution in [0.1, 0.15) is 30.5 Å². The normalized spacial score (nSPS) is 20.6. The Hall–Kier alpha value is -2.65. The van der Waals surface area contributed by atoms with Gasteiger partial charge in [0.2, 0.25) is 5.78 Å². The lowest BCUT2D eigenvalue weighted by Gasteiger charge is -2.23. The molecule has 4 rings (SSSR count). The van der Waals surface area contributed by atoms with Crippen molar-refractivity contribution < 1.29 is 4.79 Å². The molecular formula is C22H19ClN2O. The first kappa shape index (κ1) is 16.8. The number of allylic oxidation sites excluding steroid dienone is 2. The SMILES string of the molecule is CN1/C(=C\N=C2C(=O)C=Cc3ccccc32)C(C)(C)c2cc(Cl)ccc21. The Kier molecular flexibility index (Phi) is 3.85. The van der Waals surface area contributed by atoms with Crippen LogP contribution in [0, 0.1) is 0 Å². The van der Waals surface area contributed by atoms with E-state index in [4.69, 9.17) is 11.6 Å². The fraction of sp³-hybridized carbons (Fsp3) is 0.182. The van der Waals surface area contributed by atoms with Crippen molar-refractivity contribution in [3.05, 3.63) is 82.2 Å². The third-order valence-electron chi connectivity index (χ3n) is 5.17. The summed E-state index contributed by atoms with van der Waals surface area (Å²) in [4.78, 5) is 19.1. The van der Waals surface area contributed by atoms with Crippen molar-refractivity contribution in [1.82, 2.24) is 0 Å². The van der Waals surface area contributed by atoms with Gasteiger partial charge in [-0.1, -0.05) is 55.8 Å². The number of fused-ring (bicyclic) bond motifs is 2. The van der Waals surface area contributed by atoms with Crippen LogP contribution in [-0.2, 0) is 10.2 Å². The Morgan fingerprint density at radius 3 is 2.69 bits per heavy atom. The topological polar surface area (TPSA) is 32.7 Å². The zero-order valence-electron chi connectivity index (χ0n) is 15.0. The number of benzene rings is 2. The van der Waals surface area contributed by atoms with Crippen LogP contribution >= 0.6 is 11.6 Å². The van der Waals surface area contributed by atoms with Crippen LogP contribution in [0.3, 0.4) is 0 Å². The van der Waals surface area contributed by atoms with Crippen molar-refractivity contribution in [2.24, 2.45) is 4.99 Å². The van der Waals surface area contributed by atoms with Gasteiger partial charge in [0.25, 0.3) is 0 Å². The third-order valence-corrected chi connectivity index (χ3v) is 5.41. The van der Waals surface area contributed by atoms with E-state index in [2.05, 4.69) is 23.7 Å². The van der Waals surface area contributed by atoms with Gasteiger partial charge in [-0.15, -0.1) is 0 Å². The van der Waals surface area contributed by atoms with Crippen molar-refractivity contribution in [3.8, 4) is 0 Å². The van der Waals surface area contributed by atoms with Crippen LogP contribution in [0.5, 0.6) is 0 Å². The molecule has 0 fully saturated rings. The van der Waals surface area contributed by atoms with Gasteiger partial charge in [-0.05, 0) is 35.4 Å². The number of ketones is 1. The number of hydrogen-bond donors (Lipinski definition) is 0. The molecular weight excluding hydrogens is 344 g/mol. The van der Waals surface area contributed by atoms with Gasteiger partial charge in [-0.3, -0.25) is 9.79 Å². The number of halogens is 1. The second-order valence-electron chi connectivity index (χ2n) is 7.12. The summed E-state index contributed by atoms with van der Waals surface area (Å²) in [5.41, 5.74) is 5.42. The fourth-order valence-corrected chi connectivity index (χ4v) is 3.90. The number of aliphatic imine (C=N–C) groups is 1. The van der Waals surface area contributed by atoms with Crippen molar-refractivity contribution >= 4 is 34.9 Å². The minimum atomic E-state index is -0.244. The van der Waals surface area contributed by atoms with Gasteiger partial charge >= 0.3 is 0 Å². The molecule has 4 heteroatoms. The molecule has 0 N–H and O–H groups in total. The quantitative estimate of drug-likeness (QED) is 0.715. The maximum atomic E-state index is 12.4. The summed E-state index contributed by atoms with van der Waals surface area (Å²) in [7, 11) is 2.02. The molecule has 1 aliphatic carbocycles. The fourth-order valence-electron chi connectivity index (χ4n) is 3.73. The van der Waals surface area contributed by atoms with E-state index in [1.165, 1.54) is 0 Å². The second kappa shape index (κ2) is 5.96. The van der Waals surface area contributed by atoms with Crippen molar-refractivity contribution in [2.45, 2.75) is 19.3 Å². The predicted octanol–water partition coefficient (Wildman–Crippen LogP) is 4.99. The molecule has 1 aliphatic heterocycles. The van der Waals surface area contributed by atoms with Gasteiger partial charge < -0.3 is 4.90 Å². The smallest absolute Gasteiger partial charge is 0.204 e. The molecule has 2 aliphatic rings. The molecule has 0 bridgehead atoms. The van der Waals surface area contributed by atoms with Gasteiger partial charge in [-0.25, -0.2) is 0 Å². The zero-order chi connectivity index (χ0) is 18.5. The summed E-state index contributed by atoms with van der Waals surface area (Å²) in [5.74, 6) is -0.0698. The van der Waals surface area contributed by atoms with Gasteiger partial charge in [-0.2, -0.15) is 0 Å². The molecule has 0 spiro atoms. The summed E-state index contributed by atoms with van der Waals surface area (Å²) in [6.07, 6.45) is 5.24. The van der Waals surface area contributed by atoms with Gasteiger partial charge in [0.15, 0.2) is 0 Å². The standard InChI is InChI=1S/C22H19ClN2O/c1-22(2)17-12-15(23)9-10-18(17)25(3)20(22)13-24-21-16-7-5-4-6-14(16)8-11-19(21)26/h4-13H,1-3H3/b20-13-,24-21?. The monoisotopic (exact) mass is 362 g/mol. The number of anilines is 1. The van der Waals surface area contributed by atoms with Crippen LogP contribution in [0.15, 0.2) is 65.4 Å². The van der Waals surface area contributed by atoms with Crippen LogP contribution < -0.4 is 4.90 Å². The predicted molar refractivity (Wildman–Crippen MR) is 108 cm³/mol. The molecule has 130 valence electrons. The number of nitrogens with zero attached hydrogens (tertiary/aromatic N) is 2. The average molecular weight is 363 g/mol. The summed E-state index contributed by atoms with van der Waals surface area (Å²) in [6.45, 7) is 4.29. The Balaban J connectivity index is 1.81. The lowest BCUT2D eigenvalue weighted by Crippen LogP contribution is -2.23. The van der Waals surface area contributed by atoms with Crippen molar-refractivity contribution in [1.29, 1.82) is 0 Å². The maximum absolute atomic E-state index is 12.4. The third kappa shape index (κ3) is 2.51. The molecule has 0 saturated carbocycles. The Morgan fingerprint density at radius 1 is 1.12 bits per heavy atom. The lowest BCUT2D eigenvalue weighted by molar-refractivity contribution is -0.108. The van der Waals surface area contributed by atoms with E-state index in [-0.39, 0.29) is 11.2 Å². The molecule has 2 aromatic carbocycles. The highest BCUT2D eigenvalue weighted by atomic mass is 35.5. The molecule has 0 radical (unpaired) electrons. The average Bonchev–Trinajstić information content (AvgIpc) is 2.80. The maximum Gasteiger partial charge on any atom is 0.204 e. The van der Waals surface area contributed by atoms with E-state index in [1.807, 2.05) is 61.8 Å². The van der Waals surface area contributed by atoms with Gasteiger partial charge in [0.1, 0.15) is 5.71 Å². The van der Waals surface area contributed by atoms with E-state index < -0.39 is 0 Å². The number of hydrogen-bond acceptors (Lipinski definition) is 3. The highest BCUT2D eigenvalue weighted by Gasteiger charge is 2.38. The summed E-state index contributed by atoms with van der Waals surface area (Å²) < 4.78 is 0. The van der Waals surface area contributed by atoms with Crippen LogP contribution in [0.4, 0.5) is 5.69 Å². The molecule has 0 saturated heterocycles. The highest BCUT2D eigenvalue weighted by Crippen LogP contribution is 2.47. The van der Waals surface area contributed by atoms with E-state index in [0.717, 1.165) is 33.1 Å². The number of likely N-dealkylation sites (N-methyl/N-ethyl adjacent to an activating group) is 1. The van der Waals surface area contributed by atoms with Gasteiger partial charge in [0.05, 0.1) is 0 Å². The molecule has 26 heavy (non-hydrogen) atoms. The molecule has 0 amide bonds. The molecule has 0 unspecified atom stereocenters. The van der Waals surface area contributed by atoms with E-state index >= 15 is 0 Å². The Labute approximate surface area is 158 Å². The number of carbonyl (C=O) groups excluding carboxylic acids is 1. The summed E-state index contributed by atoms with van der Waals surface area (Å²) in [5, 5.41) is 0.722. The van der Waals surface area contributed by atoms with Gasteiger partial charge in [0, 0.05) is 40.6 Å². The first-order valence-electron chi connectivity index (χ1n) is 8.53. The van der Waals surface area contributed by atoms with E-state index in [9.17, 15) is 4.79 Å². The summed E-state index contributed by atoms with van der Waals surface area (Å²) >= 11 is 6.20. The molecule has 0 aromatic heterocycles. The van der Waals surface area contributed by atoms with Crippen LogP contribution in [0.2, 0.25) is 5.02 Å². The molecule has 3 nitrogen and oxygen atoms in total. The minimum Gasteiger partial charge on any atom is -0.346 e. The highest BCUT2D eigenvalue weighted by molar-refractivity contribution is 6.52. The van der Waals surface area contributed by atoms with E-state index in [0.29, 0.717) is 5.71 Å². The van der Waals surface area contributed by atoms with Crippen LogP contribution in [-0.4, -0.2) is 18.5 Å². The van der Waals surface area contributed by atoms with Crippen molar-refractivity contribution in [3.63, 3.8) is 0 Å². The first-order valence-corrected chi connectivity index (χ1v) is 8.91. The molecule has 0 atom stereocenters. The molecule has 2 aromatic rings. The molecule has 1 heterocycles. The Morgan fingerprint density at radius 2 is 1.88 bits per heavy atom. The zero-order valence-corrected chi connectivity index (χ0v) is 15.7. The second-order valence-corrected chi connectivity index (χ2v) is 7.56.